The number of hydrogen-bond acceptors (Lipinski definition) is 21. The van der Waals surface area contributed by atoms with E-state index in [-0.39, 0.29) is 6.42 Å². The van der Waals surface area contributed by atoms with E-state index >= 15 is 0 Å². The van der Waals surface area contributed by atoms with Crippen molar-refractivity contribution in [3.8, 4) is 0 Å². The van der Waals surface area contributed by atoms with Crippen molar-refractivity contribution in [1.29, 1.82) is 0 Å². The van der Waals surface area contributed by atoms with Gasteiger partial charge >= 0.3 is 5.97 Å². The van der Waals surface area contributed by atoms with Crippen LogP contribution in [0.5, 0.6) is 0 Å². The maximum Gasteiger partial charge on any atom is 0.364 e. The first kappa shape index (κ1) is 45.4. The fourth-order valence-electron chi connectivity index (χ4n) is 6.93. The van der Waals surface area contributed by atoms with Crippen LogP contribution >= 0.6 is 0 Å². The Hall–Kier alpha value is -2.31. The first-order chi connectivity index (χ1) is 25.8. The lowest BCUT2D eigenvalue weighted by Gasteiger charge is -2.51. The third kappa shape index (κ3) is 10.1. The predicted molar refractivity (Wildman–Crippen MR) is 171 cm³/mol. The molecule has 1 unspecified atom stereocenters. The van der Waals surface area contributed by atoms with E-state index in [4.69, 9.17) is 33.2 Å². The predicted octanol–water partition coefficient (Wildman–Crippen LogP) is -8.20. The Labute approximate surface area is 313 Å². The molecule has 20 atom stereocenters. The number of carbonyl (C=O) groups is 3. The first-order valence-electron chi connectivity index (χ1n) is 17.5. The van der Waals surface area contributed by atoms with E-state index in [1.165, 1.54) is 6.92 Å². The Bertz CT molecular complexity index is 1300. The number of carboxylic acid groups (broad SMARTS) is 1. The molecular weight excluding hydrogens is 752 g/mol. The number of carbonyl (C=O) groups excluding carboxylic acids is 2. The van der Waals surface area contributed by atoms with Gasteiger partial charge in [-0.15, -0.1) is 0 Å². The summed E-state index contributed by atoms with van der Waals surface area (Å²) >= 11 is 0. The van der Waals surface area contributed by atoms with Crippen LogP contribution in [0, 0.1) is 0 Å². The van der Waals surface area contributed by atoms with Gasteiger partial charge in [0.05, 0.1) is 44.2 Å². The fraction of sp³-hybridized carbons (Fsp3) is 0.903. The quantitative estimate of drug-likeness (QED) is 0.0775. The van der Waals surface area contributed by atoms with Crippen LogP contribution in [-0.2, 0) is 47.5 Å². The highest BCUT2D eigenvalue weighted by molar-refractivity contribution is 5.76. The summed E-state index contributed by atoms with van der Waals surface area (Å²) in [5, 5.41) is 131. The highest BCUT2D eigenvalue weighted by Gasteiger charge is 2.60. The van der Waals surface area contributed by atoms with Gasteiger partial charge in [0, 0.05) is 26.7 Å². The average Bonchev–Trinajstić information content (AvgIpc) is 3.12. The summed E-state index contributed by atoms with van der Waals surface area (Å²) in [4.78, 5) is 37.0. The van der Waals surface area contributed by atoms with E-state index in [0.29, 0.717) is 0 Å². The van der Waals surface area contributed by atoms with Gasteiger partial charge in [-0.2, -0.15) is 0 Å². The maximum atomic E-state index is 12.8. The zero-order valence-corrected chi connectivity index (χ0v) is 30.0. The number of aliphatic carboxylic acids is 1. The number of rotatable bonds is 14. The third-order valence-corrected chi connectivity index (χ3v) is 9.82. The largest absolute Gasteiger partial charge is 0.477 e. The van der Waals surface area contributed by atoms with Gasteiger partial charge in [-0.25, -0.2) is 4.79 Å². The van der Waals surface area contributed by atoms with Crippen LogP contribution in [0.1, 0.15) is 33.6 Å². The molecule has 4 rings (SSSR count). The lowest BCUT2D eigenvalue weighted by Crippen LogP contribution is -2.71. The molecule has 0 aromatic carbocycles. The van der Waals surface area contributed by atoms with Crippen molar-refractivity contribution in [2.24, 2.45) is 0 Å². The molecule has 0 saturated carbocycles. The van der Waals surface area contributed by atoms with E-state index in [2.05, 4.69) is 10.6 Å². The van der Waals surface area contributed by atoms with Crippen LogP contribution in [0.25, 0.3) is 0 Å². The van der Waals surface area contributed by atoms with E-state index in [9.17, 15) is 75.7 Å². The van der Waals surface area contributed by atoms with Gasteiger partial charge in [-0.05, 0) is 6.92 Å². The van der Waals surface area contributed by atoms with Crippen molar-refractivity contribution in [3.05, 3.63) is 0 Å². The van der Waals surface area contributed by atoms with Crippen LogP contribution < -0.4 is 10.6 Å². The molecule has 55 heavy (non-hydrogen) atoms. The monoisotopic (exact) mass is 804 g/mol. The number of carboxylic acids is 1. The molecule has 0 spiro atoms. The van der Waals surface area contributed by atoms with E-state index in [1.807, 2.05) is 0 Å². The molecule has 4 fully saturated rings. The number of hydrogen-bond donors (Lipinski definition) is 14. The molecule has 318 valence electrons. The second-order valence-electron chi connectivity index (χ2n) is 13.9. The molecule has 2 amide bonds. The van der Waals surface area contributed by atoms with Crippen LogP contribution in [-0.4, -0.2) is 221 Å². The Morgan fingerprint density at radius 1 is 0.764 bits per heavy atom. The maximum absolute atomic E-state index is 12.8. The zero-order chi connectivity index (χ0) is 41.1. The zero-order valence-electron chi connectivity index (χ0n) is 30.0. The standard InChI is InChI=1S/C31H52N2O22/c1-9-12(39)4-13(40)28(49-9)53-25-19(33-11(3)38)27(46)50-17(8-36)23(25)52-29-22(45)26(21(44)16(7-35)51-29)55-31(30(47)48)5-14(41)18(32-10(2)37)24(54-31)20(43)15(42)6-34/h9,12-29,34-36,39-46H,4-8H2,1-3H3,(H,32,37)(H,33,38)(H,47,48)/t9-,12-,13-,14-,15+,16+,17+,18+,19+,20+,21-,22+,23+,24+,25+,26-,27?,28-,29-,31-/m0/s1. The smallest absolute Gasteiger partial charge is 0.364 e. The fourth-order valence-corrected chi connectivity index (χ4v) is 6.93. The Morgan fingerprint density at radius 2 is 1.36 bits per heavy atom. The summed E-state index contributed by atoms with van der Waals surface area (Å²) in [5.74, 6) is -6.58. The lowest BCUT2D eigenvalue weighted by atomic mass is 9.88. The van der Waals surface area contributed by atoms with Crippen molar-refractivity contribution in [3.63, 3.8) is 0 Å². The second-order valence-corrected chi connectivity index (χ2v) is 13.9. The summed E-state index contributed by atoms with van der Waals surface area (Å²) in [6.45, 7) is 0.577. The average molecular weight is 805 g/mol. The van der Waals surface area contributed by atoms with E-state index in [1.54, 1.807) is 0 Å². The minimum Gasteiger partial charge on any atom is -0.477 e. The molecule has 4 heterocycles. The van der Waals surface area contributed by atoms with Gasteiger partial charge in [-0.3, -0.25) is 9.59 Å². The molecule has 24 nitrogen and oxygen atoms in total. The van der Waals surface area contributed by atoms with Gasteiger partial charge in [0.15, 0.2) is 18.9 Å². The van der Waals surface area contributed by atoms with Crippen molar-refractivity contribution in [1.82, 2.24) is 10.6 Å². The van der Waals surface area contributed by atoms with Crippen LogP contribution in [0.15, 0.2) is 0 Å². The van der Waals surface area contributed by atoms with Crippen LogP contribution in [0.2, 0.25) is 0 Å². The summed E-state index contributed by atoms with van der Waals surface area (Å²) in [6.07, 6.45) is -31.4. The molecule has 0 aliphatic carbocycles. The third-order valence-electron chi connectivity index (χ3n) is 9.82. The summed E-state index contributed by atoms with van der Waals surface area (Å²) in [5.41, 5.74) is 0. The summed E-state index contributed by atoms with van der Waals surface area (Å²) in [6, 6.07) is -3.11. The Morgan fingerprint density at radius 3 is 1.93 bits per heavy atom. The lowest BCUT2D eigenvalue weighted by molar-refractivity contribution is -0.388. The van der Waals surface area contributed by atoms with Crippen molar-refractivity contribution >= 4 is 17.8 Å². The second kappa shape index (κ2) is 19.0. The number of aliphatic hydroxyl groups is 11. The molecule has 4 aliphatic heterocycles. The van der Waals surface area contributed by atoms with E-state index < -0.39 is 166 Å². The molecule has 0 aromatic rings. The highest BCUT2D eigenvalue weighted by Crippen LogP contribution is 2.39. The van der Waals surface area contributed by atoms with Crippen molar-refractivity contribution in [2.75, 3.05) is 19.8 Å². The minimum atomic E-state index is -3.09. The number of ether oxygens (including phenoxy) is 7. The Balaban J connectivity index is 1.70. The number of nitrogens with one attached hydrogen (secondary N) is 2. The molecule has 4 saturated heterocycles. The molecular formula is C31H52N2O22. The van der Waals surface area contributed by atoms with Crippen LogP contribution in [0.3, 0.4) is 0 Å². The normalized spacial score (nSPS) is 44.9. The Kier molecular flexibility index (Phi) is 15.7. The minimum absolute atomic E-state index is 0.221. The summed E-state index contributed by atoms with van der Waals surface area (Å²) < 4.78 is 40.0. The molecule has 0 aromatic heterocycles. The van der Waals surface area contributed by atoms with Crippen molar-refractivity contribution in [2.45, 2.75) is 156 Å². The van der Waals surface area contributed by atoms with Crippen LogP contribution in [0.4, 0.5) is 0 Å². The van der Waals surface area contributed by atoms with Gasteiger partial charge < -0.3 is 105 Å². The molecule has 14 N–H and O–H groups in total. The molecule has 0 bridgehead atoms. The number of amides is 2. The first-order valence-corrected chi connectivity index (χ1v) is 17.5. The number of aliphatic hydroxyl groups excluding tert-OH is 11. The molecule has 4 aliphatic rings. The SMILES string of the molecule is CC(=O)N[C@H]1[C@H]([C@H](O)[C@H](O)CO)O[C@@](O[C@H]2[C@@H](O)[C@@H](CO)O[C@@H](O[C@H]3[C@H](O[C@@H]4O[C@@H](C)[C@@H](O)C[C@@H]4O)[C@@H](NC(C)=O)C(O)O[C@@H]3CO)[C@@H]2O)(C(=O)O)C[C@@H]1O. The highest BCUT2D eigenvalue weighted by atomic mass is 16.8. The van der Waals surface area contributed by atoms with Crippen molar-refractivity contribution < 1.29 is 109 Å². The van der Waals surface area contributed by atoms with E-state index in [0.717, 1.165) is 13.8 Å². The van der Waals surface area contributed by atoms with Gasteiger partial charge in [-0.1, -0.05) is 0 Å². The molecule has 0 radical (unpaired) electrons. The topological polar surface area (TPSA) is 383 Å². The molecule has 24 heteroatoms. The van der Waals surface area contributed by atoms with Gasteiger partial charge in [0.2, 0.25) is 11.8 Å². The van der Waals surface area contributed by atoms with Gasteiger partial charge in [0.25, 0.3) is 5.79 Å². The summed E-state index contributed by atoms with van der Waals surface area (Å²) in [7, 11) is 0. The van der Waals surface area contributed by atoms with Gasteiger partial charge in [0.1, 0.15) is 73.2 Å².